The Morgan fingerprint density at radius 3 is 2.88 bits per heavy atom. The van der Waals surface area contributed by atoms with Gasteiger partial charge in [-0.2, -0.15) is 0 Å². The fraction of sp³-hybridized carbons (Fsp3) is 1.00. The van der Waals surface area contributed by atoms with Gasteiger partial charge in [0.05, 0.1) is 0 Å². The van der Waals surface area contributed by atoms with Crippen LogP contribution in [0.15, 0.2) is 0 Å². The van der Waals surface area contributed by atoms with Crippen molar-refractivity contribution in [2.75, 3.05) is 8.86 Å². The van der Waals surface area contributed by atoms with Crippen LogP contribution in [0.5, 0.6) is 0 Å². The van der Waals surface area contributed by atoms with Crippen molar-refractivity contribution in [3.8, 4) is 0 Å². The molecule has 0 N–H and O–H groups in total. The zero-order valence-electron chi connectivity index (χ0n) is 5.23. The van der Waals surface area contributed by atoms with E-state index in [2.05, 4.69) is 6.92 Å². The first-order valence-electron chi connectivity index (χ1n) is 3.41. The van der Waals surface area contributed by atoms with Gasteiger partial charge in [0, 0.05) is 0 Å². The number of hydrogen-bond acceptors (Lipinski definition) is 0. The summed E-state index contributed by atoms with van der Waals surface area (Å²) >= 11 is 0.676. The van der Waals surface area contributed by atoms with Crippen molar-refractivity contribution >= 4 is 0 Å². The molecule has 3 atom stereocenters. The third-order valence-electron chi connectivity index (χ3n) is 2.37. The number of halogens is 1. The molecule has 8 heavy (non-hydrogen) atoms. The Bertz CT molecular complexity index is 101. The molecule has 0 radical (unpaired) electrons. The van der Waals surface area contributed by atoms with Gasteiger partial charge < -0.3 is 0 Å². The molecule has 1 saturated carbocycles. The quantitative estimate of drug-likeness (QED) is 0.341. The van der Waals surface area contributed by atoms with E-state index in [9.17, 15) is 0 Å². The monoisotopic (exact) mass is 223 g/mol. The van der Waals surface area contributed by atoms with E-state index in [1.807, 2.05) is 0 Å². The van der Waals surface area contributed by atoms with Crippen LogP contribution in [0.3, 0.4) is 0 Å². The Kier molecular flexibility index (Phi) is 1.28. The molecule has 0 bridgehead atoms. The van der Waals surface area contributed by atoms with Crippen LogP contribution >= 0.6 is 0 Å². The second kappa shape index (κ2) is 1.86. The zero-order chi connectivity index (χ0) is 5.56. The SMILES string of the molecule is CC1C[I-]CC2C[C@H]12. The molecule has 2 fully saturated rings. The second-order valence-electron chi connectivity index (χ2n) is 3.13. The van der Waals surface area contributed by atoms with E-state index >= 15 is 0 Å². The van der Waals surface area contributed by atoms with Crippen molar-refractivity contribution in [1.29, 1.82) is 0 Å². The second-order valence-corrected chi connectivity index (χ2v) is 5.97. The van der Waals surface area contributed by atoms with Gasteiger partial charge >= 0.3 is 61.2 Å². The van der Waals surface area contributed by atoms with Gasteiger partial charge in [0.25, 0.3) is 0 Å². The Labute approximate surface area is 61.3 Å². The molecule has 0 aromatic rings. The van der Waals surface area contributed by atoms with Gasteiger partial charge in [-0.05, 0) is 0 Å². The summed E-state index contributed by atoms with van der Waals surface area (Å²) < 4.78 is 3.29. The van der Waals surface area contributed by atoms with Crippen LogP contribution in [0, 0.1) is 17.8 Å². The average Bonchev–Trinajstić information content (AvgIpc) is 2.45. The van der Waals surface area contributed by atoms with E-state index in [1.54, 1.807) is 15.3 Å². The summed E-state index contributed by atoms with van der Waals surface area (Å²) in [5, 5.41) is 0. The Hall–Kier alpha value is 0.730. The molecular weight excluding hydrogens is 211 g/mol. The third-order valence-corrected chi connectivity index (χ3v) is 6.13. The van der Waals surface area contributed by atoms with Crippen LogP contribution in [0.1, 0.15) is 13.3 Å². The van der Waals surface area contributed by atoms with Crippen molar-refractivity contribution in [2.45, 2.75) is 13.3 Å². The van der Waals surface area contributed by atoms with Crippen molar-refractivity contribution < 1.29 is 21.2 Å². The summed E-state index contributed by atoms with van der Waals surface area (Å²) in [7, 11) is 0. The molecule has 0 amide bonds. The number of fused-ring (bicyclic) bond motifs is 1. The molecule has 0 spiro atoms. The molecule has 1 aliphatic heterocycles. The third kappa shape index (κ3) is 0.789. The summed E-state index contributed by atoms with van der Waals surface area (Å²) in [4.78, 5) is 0. The maximum absolute atomic E-state index is 2.45. The summed E-state index contributed by atoms with van der Waals surface area (Å²) in [5.74, 6) is 3.55. The Morgan fingerprint density at radius 2 is 2.25 bits per heavy atom. The first kappa shape index (κ1) is 5.51. The summed E-state index contributed by atoms with van der Waals surface area (Å²) in [6.45, 7) is 2.45. The first-order valence-corrected chi connectivity index (χ1v) is 6.46. The van der Waals surface area contributed by atoms with Crippen LogP contribution in [0.2, 0.25) is 0 Å². The van der Waals surface area contributed by atoms with Gasteiger partial charge in [-0.25, -0.2) is 0 Å². The van der Waals surface area contributed by atoms with Gasteiger partial charge in [-0.1, -0.05) is 0 Å². The molecule has 0 aromatic heterocycles. The van der Waals surface area contributed by atoms with Crippen LogP contribution in [-0.2, 0) is 0 Å². The minimum absolute atomic E-state index is 0.676. The molecule has 2 unspecified atom stereocenters. The zero-order valence-corrected chi connectivity index (χ0v) is 7.39. The molecule has 2 rings (SSSR count). The fourth-order valence-corrected chi connectivity index (χ4v) is 5.44. The van der Waals surface area contributed by atoms with Crippen molar-refractivity contribution in [2.24, 2.45) is 17.8 Å². The maximum atomic E-state index is 2.45. The van der Waals surface area contributed by atoms with Crippen LogP contribution in [0.4, 0.5) is 0 Å². The van der Waals surface area contributed by atoms with E-state index in [0.717, 1.165) is 5.92 Å². The van der Waals surface area contributed by atoms with Gasteiger partial charge in [0.1, 0.15) is 0 Å². The van der Waals surface area contributed by atoms with E-state index in [-0.39, 0.29) is 0 Å². The Morgan fingerprint density at radius 1 is 1.38 bits per heavy atom. The molecule has 48 valence electrons. The standard InChI is InChI=1S/C7H12I/c1-5-3-8-4-6-2-7(5)6/h5-7H,2-4H2,1H3/q-1/t5?,6?,7-/m1/s1. The normalized spacial score (nSPS) is 53.9. The van der Waals surface area contributed by atoms with Crippen molar-refractivity contribution in [3.05, 3.63) is 0 Å². The molecule has 1 heteroatoms. The van der Waals surface area contributed by atoms with Gasteiger partial charge in [0.2, 0.25) is 0 Å². The molecule has 0 nitrogen and oxygen atoms in total. The van der Waals surface area contributed by atoms with Crippen molar-refractivity contribution in [3.63, 3.8) is 0 Å². The van der Waals surface area contributed by atoms with Gasteiger partial charge in [-0.15, -0.1) is 0 Å². The van der Waals surface area contributed by atoms with Crippen LogP contribution < -0.4 is 21.2 Å². The number of rotatable bonds is 0. The number of hydrogen-bond donors (Lipinski definition) is 0. The summed E-state index contributed by atoms with van der Waals surface area (Å²) in [6, 6.07) is 0. The molecule has 2 aliphatic rings. The summed E-state index contributed by atoms with van der Waals surface area (Å²) in [5.41, 5.74) is 0. The predicted octanol–water partition coefficient (Wildman–Crippen LogP) is -1.64. The summed E-state index contributed by atoms with van der Waals surface area (Å²) in [6.07, 6.45) is 1.60. The van der Waals surface area contributed by atoms with E-state index in [1.165, 1.54) is 11.8 Å². The molecule has 1 heterocycles. The molecular formula is C7H12I-. The van der Waals surface area contributed by atoms with Gasteiger partial charge in [0.15, 0.2) is 0 Å². The van der Waals surface area contributed by atoms with Gasteiger partial charge in [-0.3, -0.25) is 0 Å². The van der Waals surface area contributed by atoms with Crippen LogP contribution in [0.25, 0.3) is 0 Å². The molecule has 0 aromatic carbocycles. The first-order chi connectivity index (χ1) is 3.88. The molecule has 1 saturated heterocycles. The Balaban J connectivity index is 1.99. The minimum atomic E-state index is 0.676. The molecule has 1 aliphatic carbocycles. The average molecular weight is 223 g/mol. The van der Waals surface area contributed by atoms with Crippen LogP contribution in [-0.4, -0.2) is 8.86 Å². The number of alkyl halides is 2. The predicted molar refractivity (Wildman–Crippen MR) is 30.5 cm³/mol. The van der Waals surface area contributed by atoms with E-state index < -0.39 is 0 Å². The van der Waals surface area contributed by atoms with E-state index in [4.69, 9.17) is 0 Å². The fourth-order valence-electron chi connectivity index (χ4n) is 1.64. The topological polar surface area (TPSA) is 0 Å². The van der Waals surface area contributed by atoms with Crippen molar-refractivity contribution in [1.82, 2.24) is 0 Å². The van der Waals surface area contributed by atoms with E-state index in [0.29, 0.717) is 21.2 Å².